The molecule has 0 bridgehead atoms. The van der Waals surface area contributed by atoms with Gasteiger partial charge in [-0.25, -0.2) is 26.4 Å². The lowest BCUT2D eigenvalue weighted by molar-refractivity contribution is 0.0292. The summed E-state index contributed by atoms with van der Waals surface area (Å²) in [5.41, 5.74) is 1.40. The smallest absolute Gasteiger partial charge is 0.410 e. The Morgan fingerprint density at radius 1 is 0.891 bits per heavy atom. The number of hydrogen-bond donors (Lipinski definition) is 1. The molecule has 290 valence electrons. The molecule has 1 aromatic heterocycles. The second-order valence-electron chi connectivity index (χ2n) is 14.0. The number of tetrazole rings is 1. The van der Waals surface area contributed by atoms with Gasteiger partial charge in [-0.3, -0.25) is 0 Å². The fraction of sp³-hybridized carbons (Fsp3) is 0.316. The van der Waals surface area contributed by atoms with Crippen LogP contribution in [0.5, 0.6) is 5.75 Å². The molecule has 4 aromatic carbocycles. The average molecular weight is 853 g/mol. The van der Waals surface area contributed by atoms with E-state index in [0.29, 0.717) is 23.3 Å². The Hall–Kier alpha value is -4.68. The Bertz CT molecular complexity index is 2300. The lowest BCUT2D eigenvalue weighted by Gasteiger charge is -2.26. The number of amides is 1. The fourth-order valence-corrected chi connectivity index (χ4v) is 10.4. The van der Waals surface area contributed by atoms with Gasteiger partial charge in [-0.15, -0.1) is 10.2 Å². The van der Waals surface area contributed by atoms with Crippen molar-refractivity contribution in [3.05, 3.63) is 118 Å². The molecule has 1 saturated heterocycles. The van der Waals surface area contributed by atoms with Gasteiger partial charge in [0.1, 0.15) is 21.1 Å². The topological polar surface area (TPSA) is 166 Å². The van der Waals surface area contributed by atoms with E-state index in [0.717, 1.165) is 5.56 Å². The van der Waals surface area contributed by atoms with Crippen LogP contribution < -0.4 is 9.46 Å². The summed E-state index contributed by atoms with van der Waals surface area (Å²) in [7, 11) is -7.68. The van der Waals surface area contributed by atoms with E-state index in [9.17, 15) is 13.2 Å². The van der Waals surface area contributed by atoms with Crippen molar-refractivity contribution in [3.63, 3.8) is 0 Å². The van der Waals surface area contributed by atoms with Crippen molar-refractivity contribution in [1.29, 1.82) is 0 Å². The van der Waals surface area contributed by atoms with E-state index in [1.807, 2.05) is 24.3 Å². The van der Waals surface area contributed by atoms with Crippen molar-refractivity contribution in [2.24, 2.45) is 0 Å². The normalized spacial score (nSPS) is 15.0. The van der Waals surface area contributed by atoms with Crippen LogP contribution in [0, 0.1) is 0 Å². The van der Waals surface area contributed by atoms with Crippen molar-refractivity contribution >= 4 is 42.1 Å². The van der Waals surface area contributed by atoms with Gasteiger partial charge in [0, 0.05) is 36.7 Å². The molecule has 0 unspecified atom stereocenters. The van der Waals surface area contributed by atoms with Crippen molar-refractivity contribution in [2.45, 2.75) is 68.3 Å². The standard InChI is InChI=1S/C38H42BrN7O7S2/c1-38(2,3)53-37(47)44-22-21-30(26-44)42-54(48,49)33-20-19-32(39)34(36-40-43-46(41-36)25-29-15-17-31(52-4)18-16-29)35(33)55(50,51)45(23-27-11-7-5-8-12-27)24-28-13-9-6-10-14-28/h5-20,30,42H,21-26H2,1-4H3/t30-/m1/s1. The van der Waals surface area contributed by atoms with E-state index in [1.54, 1.807) is 88.5 Å². The number of sulfonamides is 2. The van der Waals surface area contributed by atoms with Gasteiger partial charge in [-0.1, -0.05) is 72.8 Å². The fourth-order valence-electron chi connectivity index (χ4n) is 6.08. The molecule has 1 N–H and O–H groups in total. The monoisotopic (exact) mass is 851 g/mol. The molecule has 6 rings (SSSR count). The quantitative estimate of drug-likeness (QED) is 0.152. The molecule has 1 fully saturated rings. The third-order valence-corrected chi connectivity index (χ3v) is 12.9. The molecule has 1 aliphatic heterocycles. The molecular formula is C38H42BrN7O7S2. The average Bonchev–Trinajstić information content (AvgIpc) is 3.81. The summed E-state index contributed by atoms with van der Waals surface area (Å²) < 4.78 is 74.4. The SMILES string of the molecule is COc1ccc(Cn2nnc(-c3c(Br)ccc(S(=O)(=O)N[C@@H]4CCN(C(=O)OC(C)(C)C)C4)c3S(=O)(=O)N(Cc3ccccc3)Cc3ccccc3)n2)cc1. The summed E-state index contributed by atoms with van der Waals surface area (Å²) in [6, 6.07) is 27.3. The zero-order valence-electron chi connectivity index (χ0n) is 30.8. The molecule has 5 aromatic rings. The number of nitrogens with zero attached hydrogens (tertiary/aromatic N) is 6. The van der Waals surface area contributed by atoms with Gasteiger partial charge in [0.2, 0.25) is 25.9 Å². The zero-order valence-corrected chi connectivity index (χ0v) is 34.0. The van der Waals surface area contributed by atoms with Crippen molar-refractivity contribution in [1.82, 2.24) is 34.1 Å². The van der Waals surface area contributed by atoms with Crippen LogP contribution in [0.3, 0.4) is 0 Å². The van der Waals surface area contributed by atoms with Gasteiger partial charge < -0.3 is 14.4 Å². The number of hydrogen-bond acceptors (Lipinski definition) is 10. The number of likely N-dealkylation sites (tertiary alicyclic amines) is 1. The molecular weight excluding hydrogens is 810 g/mol. The Labute approximate surface area is 329 Å². The summed E-state index contributed by atoms with van der Waals surface area (Å²) in [5, 5.41) is 13.0. The molecule has 0 aliphatic carbocycles. The Morgan fingerprint density at radius 2 is 1.51 bits per heavy atom. The van der Waals surface area contributed by atoms with Crippen LogP contribution in [0.4, 0.5) is 4.79 Å². The summed E-state index contributed by atoms with van der Waals surface area (Å²) in [6.07, 6.45) is -0.274. The molecule has 1 amide bonds. The van der Waals surface area contributed by atoms with Crippen LogP contribution >= 0.6 is 15.9 Å². The van der Waals surface area contributed by atoms with Gasteiger partial charge in [0.15, 0.2) is 0 Å². The van der Waals surface area contributed by atoms with Gasteiger partial charge in [-0.05, 0) is 89.3 Å². The number of methoxy groups -OCH3 is 1. The summed E-state index contributed by atoms with van der Waals surface area (Å²) >= 11 is 3.50. The number of rotatable bonds is 13. The molecule has 1 aliphatic rings. The first kappa shape index (κ1) is 40.0. The number of carbonyl (C=O) groups excluding carboxylic acids is 1. The highest BCUT2D eigenvalue weighted by molar-refractivity contribution is 9.10. The minimum Gasteiger partial charge on any atom is -0.497 e. The van der Waals surface area contributed by atoms with Crippen molar-refractivity contribution in [3.8, 4) is 17.1 Å². The second-order valence-corrected chi connectivity index (χ2v) is 18.4. The van der Waals surface area contributed by atoms with Crippen LogP contribution in [0.2, 0.25) is 0 Å². The van der Waals surface area contributed by atoms with Gasteiger partial charge in [0.05, 0.1) is 19.2 Å². The first-order chi connectivity index (χ1) is 26.1. The molecule has 0 radical (unpaired) electrons. The molecule has 0 saturated carbocycles. The van der Waals surface area contributed by atoms with E-state index in [4.69, 9.17) is 9.47 Å². The molecule has 1 atom stereocenters. The minimum absolute atomic E-state index is 0.0367. The maximum atomic E-state index is 15.3. The highest BCUT2D eigenvalue weighted by atomic mass is 79.9. The van der Waals surface area contributed by atoms with Crippen LogP contribution in [0.25, 0.3) is 11.4 Å². The molecule has 2 heterocycles. The highest BCUT2D eigenvalue weighted by Crippen LogP contribution is 2.39. The Morgan fingerprint density at radius 3 is 2.09 bits per heavy atom. The Kier molecular flexibility index (Phi) is 12.1. The molecule has 0 spiro atoms. The van der Waals surface area contributed by atoms with Crippen LogP contribution in [0.15, 0.2) is 111 Å². The van der Waals surface area contributed by atoms with E-state index in [-0.39, 0.29) is 48.6 Å². The van der Waals surface area contributed by atoms with Crippen molar-refractivity contribution in [2.75, 3.05) is 20.2 Å². The number of aromatic nitrogens is 4. The minimum atomic E-state index is -4.68. The number of nitrogens with one attached hydrogen (secondary N) is 1. The molecule has 17 heteroatoms. The molecule has 14 nitrogen and oxygen atoms in total. The highest BCUT2D eigenvalue weighted by Gasteiger charge is 2.39. The predicted octanol–water partition coefficient (Wildman–Crippen LogP) is 5.84. The van der Waals surface area contributed by atoms with Crippen molar-refractivity contribution < 1.29 is 31.1 Å². The van der Waals surface area contributed by atoms with Gasteiger partial charge >= 0.3 is 6.09 Å². The first-order valence-electron chi connectivity index (χ1n) is 17.4. The van der Waals surface area contributed by atoms with E-state index in [1.165, 1.54) is 26.1 Å². The number of benzene rings is 4. The summed E-state index contributed by atoms with van der Waals surface area (Å²) in [6.45, 7) is 5.60. The van der Waals surface area contributed by atoms with E-state index in [2.05, 4.69) is 36.1 Å². The van der Waals surface area contributed by atoms with Gasteiger partial charge in [-0.2, -0.15) is 9.10 Å². The third kappa shape index (κ3) is 9.77. The van der Waals surface area contributed by atoms with E-state index < -0.39 is 47.6 Å². The maximum Gasteiger partial charge on any atom is 0.410 e. The van der Waals surface area contributed by atoms with Gasteiger partial charge in [0.25, 0.3) is 0 Å². The number of carbonyl (C=O) groups is 1. The lowest BCUT2D eigenvalue weighted by atomic mass is 10.2. The Balaban J connectivity index is 1.45. The number of halogens is 1. The third-order valence-electron chi connectivity index (χ3n) is 8.68. The summed E-state index contributed by atoms with van der Waals surface area (Å²) in [4.78, 5) is 14.5. The summed E-state index contributed by atoms with van der Waals surface area (Å²) in [5.74, 6) is 0.569. The molecule has 55 heavy (non-hydrogen) atoms. The van der Waals surface area contributed by atoms with Crippen LogP contribution in [0.1, 0.15) is 43.9 Å². The second kappa shape index (κ2) is 16.6. The van der Waals surface area contributed by atoms with Crippen LogP contribution in [-0.2, 0) is 44.4 Å². The van der Waals surface area contributed by atoms with Crippen LogP contribution in [-0.4, -0.2) is 84.2 Å². The first-order valence-corrected chi connectivity index (χ1v) is 21.2. The largest absolute Gasteiger partial charge is 0.497 e. The lowest BCUT2D eigenvalue weighted by Crippen LogP contribution is -2.41. The zero-order chi connectivity index (χ0) is 39.4. The predicted molar refractivity (Wildman–Crippen MR) is 209 cm³/mol. The van der Waals surface area contributed by atoms with E-state index >= 15 is 8.42 Å². The number of ether oxygens (including phenoxy) is 2. The maximum absolute atomic E-state index is 15.3.